The lowest BCUT2D eigenvalue weighted by atomic mass is 9.91. The Bertz CT molecular complexity index is 705. The van der Waals surface area contributed by atoms with Crippen molar-refractivity contribution in [1.82, 2.24) is 4.90 Å². The summed E-state index contributed by atoms with van der Waals surface area (Å²) < 4.78 is 0. The molecule has 1 aliphatic heterocycles. The van der Waals surface area contributed by atoms with E-state index in [9.17, 15) is 0 Å². The molecule has 23 heavy (non-hydrogen) atoms. The van der Waals surface area contributed by atoms with E-state index in [2.05, 4.69) is 74.2 Å². The fourth-order valence-electron chi connectivity index (χ4n) is 4.71. The van der Waals surface area contributed by atoms with Crippen LogP contribution in [0.15, 0.2) is 48.5 Å². The Hall–Kier alpha value is -1.60. The van der Waals surface area contributed by atoms with Gasteiger partial charge >= 0.3 is 0 Å². The van der Waals surface area contributed by atoms with Gasteiger partial charge in [-0.3, -0.25) is 0 Å². The van der Waals surface area contributed by atoms with Crippen molar-refractivity contribution in [1.29, 1.82) is 0 Å². The molecule has 1 heteroatoms. The lowest BCUT2D eigenvalue weighted by Crippen LogP contribution is -2.30. The molecule has 0 spiro atoms. The van der Waals surface area contributed by atoms with Gasteiger partial charge in [0.25, 0.3) is 0 Å². The smallest absolute Gasteiger partial charge is 0.00221 e. The van der Waals surface area contributed by atoms with Crippen molar-refractivity contribution in [2.45, 2.75) is 32.6 Å². The highest BCUT2D eigenvalue weighted by Gasteiger charge is 2.65. The van der Waals surface area contributed by atoms with Crippen LogP contribution in [0.1, 0.15) is 29.2 Å². The highest BCUT2D eigenvalue weighted by atomic mass is 15.2. The van der Waals surface area contributed by atoms with E-state index in [-0.39, 0.29) is 0 Å². The zero-order valence-corrected chi connectivity index (χ0v) is 14.5. The maximum Gasteiger partial charge on any atom is 0.00221 e. The number of likely N-dealkylation sites (tertiary alicyclic amines) is 1. The summed E-state index contributed by atoms with van der Waals surface area (Å²) in [6.07, 6.45) is 1.18. The minimum atomic E-state index is 0.436. The molecule has 4 rings (SSSR count). The lowest BCUT2D eigenvalue weighted by molar-refractivity contribution is 0.281. The highest BCUT2D eigenvalue weighted by molar-refractivity contribution is 5.39. The van der Waals surface area contributed by atoms with E-state index < -0.39 is 0 Å². The first-order valence-electron chi connectivity index (χ1n) is 8.92. The van der Waals surface area contributed by atoms with Crippen LogP contribution in [0.3, 0.4) is 0 Å². The van der Waals surface area contributed by atoms with Crippen molar-refractivity contribution in [2.24, 2.45) is 11.8 Å². The Morgan fingerprint density at radius 2 is 1.61 bits per heavy atom. The number of piperidine rings is 1. The van der Waals surface area contributed by atoms with Crippen LogP contribution < -0.4 is 0 Å². The molecular weight excluding hydrogens is 278 g/mol. The van der Waals surface area contributed by atoms with Gasteiger partial charge in [-0.1, -0.05) is 66.6 Å². The van der Waals surface area contributed by atoms with Crippen molar-refractivity contribution in [3.05, 3.63) is 70.8 Å². The van der Waals surface area contributed by atoms with E-state index in [0.29, 0.717) is 5.41 Å². The molecule has 0 amide bonds. The first-order valence-corrected chi connectivity index (χ1v) is 8.92. The van der Waals surface area contributed by atoms with E-state index in [1.165, 1.54) is 42.7 Å². The second-order valence-corrected chi connectivity index (χ2v) is 7.86. The fourth-order valence-corrected chi connectivity index (χ4v) is 4.71. The molecule has 1 saturated carbocycles. The predicted octanol–water partition coefficient (Wildman–Crippen LogP) is 4.37. The maximum absolute atomic E-state index is 2.68. The number of nitrogens with zero attached hydrogens (tertiary/aromatic N) is 1. The zero-order chi connectivity index (χ0) is 16.0. The van der Waals surface area contributed by atoms with Crippen molar-refractivity contribution in [3.8, 4) is 0 Å². The average Bonchev–Trinajstić information content (AvgIpc) is 2.91. The predicted molar refractivity (Wildman–Crippen MR) is 96.8 cm³/mol. The average molecular weight is 305 g/mol. The molecule has 0 bridgehead atoms. The molecule has 1 saturated heterocycles. The quantitative estimate of drug-likeness (QED) is 0.811. The second-order valence-electron chi connectivity index (χ2n) is 7.86. The minimum Gasteiger partial charge on any atom is -0.302 e. The van der Waals surface area contributed by atoms with E-state index in [1.54, 1.807) is 5.56 Å². The monoisotopic (exact) mass is 305 g/mol. The van der Waals surface area contributed by atoms with E-state index in [0.717, 1.165) is 11.8 Å². The molecule has 2 fully saturated rings. The summed E-state index contributed by atoms with van der Waals surface area (Å²) in [4.78, 5) is 2.68. The molecule has 2 aromatic carbocycles. The maximum atomic E-state index is 2.68. The Morgan fingerprint density at radius 1 is 0.957 bits per heavy atom. The molecule has 1 aliphatic carbocycles. The normalized spacial score (nSPS) is 29.5. The molecule has 2 aromatic rings. The summed E-state index contributed by atoms with van der Waals surface area (Å²) in [5.41, 5.74) is 6.24. The third-order valence-corrected chi connectivity index (χ3v) is 6.27. The van der Waals surface area contributed by atoms with Crippen LogP contribution in [0.5, 0.6) is 0 Å². The van der Waals surface area contributed by atoms with Crippen molar-refractivity contribution in [3.63, 3.8) is 0 Å². The van der Waals surface area contributed by atoms with Crippen LogP contribution in [0.4, 0.5) is 0 Å². The Labute approximate surface area is 140 Å². The minimum absolute atomic E-state index is 0.436. The number of fused-ring (bicyclic) bond motifs is 1. The molecular formula is C22H27N. The number of aryl methyl sites for hydroxylation is 2. The Kier molecular flexibility index (Phi) is 3.57. The van der Waals surface area contributed by atoms with Gasteiger partial charge in [0, 0.05) is 25.0 Å². The van der Waals surface area contributed by atoms with Crippen LogP contribution in [0.25, 0.3) is 0 Å². The molecule has 120 valence electrons. The van der Waals surface area contributed by atoms with Crippen LogP contribution in [0, 0.1) is 25.7 Å². The largest absolute Gasteiger partial charge is 0.302 e. The summed E-state index contributed by atoms with van der Waals surface area (Å²) in [6.45, 7) is 10.6. The third kappa shape index (κ3) is 2.61. The fraction of sp³-hybridized carbons (Fsp3) is 0.455. The van der Waals surface area contributed by atoms with Crippen LogP contribution in [-0.4, -0.2) is 24.5 Å². The van der Waals surface area contributed by atoms with Gasteiger partial charge in [-0.05, 0) is 43.2 Å². The van der Waals surface area contributed by atoms with Crippen molar-refractivity contribution in [2.75, 3.05) is 19.6 Å². The summed E-state index contributed by atoms with van der Waals surface area (Å²) in [5.74, 6) is 1.73. The summed E-state index contributed by atoms with van der Waals surface area (Å²) in [7, 11) is 0. The standard InChI is InChI=1S/C22H27N/c1-16-6-4-8-18(12-16)10-11-23-14-20-21(15-23)22(20,3)19-9-5-7-17(2)13-19/h4-9,12-13,20-21H,10-11,14-15H2,1-3H3. The van der Waals surface area contributed by atoms with Gasteiger partial charge in [-0.2, -0.15) is 0 Å². The first kappa shape index (κ1) is 15.0. The van der Waals surface area contributed by atoms with Crippen LogP contribution in [-0.2, 0) is 11.8 Å². The van der Waals surface area contributed by atoms with Gasteiger partial charge in [0.1, 0.15) is 0 Å². The Balaban J connectivity index is 1.36. The molecule has 1 nitrogen and oxygen atoms in total. The molecule has 1 heterocycles. The van der Waals surface area contributed by atoms with Gasteiger partial charge in [0.2, 0.25) is 0 Å². The Morgan fingerprint density at radius 3 is 2.26 bits per heavy atom. The van der Waals surface area contributed by atoms with Gasteiger partial charge < -0.3 is 4.90 Å². The first-order chi connectivity index (χ1) is 11.1. The topological polar surface area (TPSA) is 3.24 Å². The number of benzene rings is 2. The van der Waals surface area contributed by atoms with Crippen molar-refractivity contribution >= 4 is 0 Å². The summed E-state index contributed by atoms with van der Waals surface area (Å²) in [6, 6.07) is 18.1. The lowest BCUT2D eigenvalue weighted by Gasteiger charge is -2.24. The summed E-state index contributed by atoms with van der Waals surface area (Å²) >= 11 is 0. The molecule has 0 aromatic heterocycles. The molecule has 0 radical (unpaired) electrons. The second kappa shape index (κ2) is 5.49. The van der Waals surface area contributed by atoms with E-state index >= 15 is 0 Å². The molecule has 0 N–H and O–H groups in total. The van der Waals surface area contributed by atoms with Crippen molar-refractivity contribution < 1.29 is 0 Å². The molecule has 2 aliphatic rings. The SMILES string of the molecule is Cc1cccc(CCN2CC3C(C2)C3(C)c2cccc(C)c2)c1. The number of rotatable bonds is 4. The van der Waals surface area contributed by atoms with Gasteiger partial charge in [-0.25, -0.2) is 0 Å². The highest BCUT2D eigenvalue weighted by Crippen LogP contribution is 2.63. The molecule has 2 atom stereocenters. The van der Waals surface area contributed by atoms with Crippen LogP contribution >= 0.6 is 0 Å². The van der Waals surface area contributed by atoms with Gasteiger partial charge in [0.05, 0.1) is 0 Å². The third-order valence-electron chi connectivity index (χ3n) is 6.27. The summed E-state index contributed by atoms with van der Waals surface area (Å²) in [5, 5.41) is 0. The van der Waals surface area contributed by atoms with Gasteiger partial charge in [-0.15, -0.1) is 0 Å². The van der Waals surface area contributed by atoms with Gasteiger partial charge in [0.15, 0.2) is 0 Å². The molecule has 2 unspecified atom stereocenters. The number of hydrogen-bond acceptors (Lipinski definition) is 1. The number of hydrogen-bond donors (Lipinski definition) is 0. The van der Waals surface area contributed by atoms with E-state index in [4.69, 9.17) is 0 Å². The van der Waals surface area contributed by atoms with E-state index in [1.807, 2.05) is 0 Å². The zero-order valence-electron chi connectivity index (χ0n) is 14.5. The van der Waals surface area contributed by atoms with Crippen LogP contribution in [0.2, 0.25) is 0 Å².